The van der Waals surface area contributed by atoms with E-state index in [4.69, 9.17) is 9.47 Å². The van der Waals surface area contributed by atoms with Gasteiger partial charge in [-0.2, -0.15) is 0 Å². The minimum absolute atomic E-state index is 0.255. The fraction of sp³-hybridized carbons (Fsp3) is 0.524. The van der Waals surface area contributed by atoms with Crippen molar-refractivity contribution in [1.82, 2.24) is 4.90 Å². The first kappa shape index (κ1) is 19.4. The maximum absolute atomic E-state index is 12.8. The molecule has 4 rings (SSSR count). The normalized spacial score (nSPS) is 28.3. The largest absolute Gasteiger partial charge is 0.497 e. The van der Waals surface area contributed by atoms with Crippen molar-refractivity contribution in [2.45, 2.75) is 32.2 Å². The molecular weight excluding hydrogens is 376 g/mol. The molecular formula is C21H24N2O6. The smallest absolute Gasteiger partial charge is 0.329 e. The Bertz CT molecular complexity index is 823. The summed E-state index contributed by atoms with van der Waals surface area (Å²) in [5.74, 6) is -1.20. The molecule has 0 unspecified atom stereocenters. The molecule has 3 fully saturated rings. The van der Waals surface area contributed by atoms with Gasteiger partial charge in [-0.3, -0.25) is 19.3 Å². The van der Waals surface area contributed by atoms with Gasteiger partial charge in [0.15, 0.2) is 6.61 Å². The fourth-order valence-electron chi connectivity index (χ4n) is 5.05. The van der Waals surface area contributed by atoms with E-state index in [0.717, 1.165) is 24.2 Å². The Hall–Kier alpha value is -2.90. The molecule has 1 aromatic rings. The zero-order valence-corrected chi connectivity index (χ0v) is 16.4. The first-order valence-corrected chi connectivity index (χ1v) is 9.88. The Kier molecular flexibility index (Phi) is 5.02. The average Bonchev–Trinajstić information content (AvgIpc) is 3.40. The third-order valence-corrected chi connectivity index (χ3v) is 6.41. The molecule has 3 amide bonds. The van der Waals surface area contributed by atoms with E-state index in [2.05, 4.69) is 5.32 Å². The van der Waals surface area contributed by atoms with Gasteiger partial charge in [-0.25, -0.2) is 4.79 Å². The molecule has 1 aromatic carbocycles. The number of carbonyl (C=O) groups excluding carboxylic acids is 4. The lowest BCUT2D eigenvalue weighted by molar-refractivity contribution is -0.159. The summed E-state index contributed by atoms with van der Waals surface area (Å²) in [5, 5.41) is 2.61. The SMILES string of the molecule is COc1ccc(NC(=O)COC(=O)[C@H](C)N2C(=O)[C@H]3[C@H]4CC[C@@H](C4)[C@@H]3C2=O)cc1. The molecule has 1 saturated heterocycles. The molecule has 2 aliphatic carbocycles. The van der Waals surface area contributed by atoms with Crippen molar-refractivity contribution < 1.29 is 28.7 Å². The van der Waals surface area contributed by atoms with Crippen molar-refractivity contribution in [3.05, 3.63) is 24.3 Å². The lowest BCUT2D eigenvalue weighted by Crippen LogP contribution is -2.45. The van der Waals surface area contributed by atoms with Gasteiger partial charge in [0.25, 0.3) is 5.91 Å². The van der Waals surface area contributed by atoms with Crippen LogP contribution in [0.25, 0.3) is 0 Å². The highest BCUT2D eigenvalue weighted by Crippen LogP contribution is 2.56. The van der Waals surface area contributed by atoms with E-state index in [9.17, 15) is 19.2 Å². The second kappa shape index (κ2) is 7.50. The summed E-state index contributed by atoms with van der Waals surface area (Å²) in [6.45, 7) is 0.978. The summed E-state index contributed by atoms with van der Waals surface area (Å²) >= 11 is 0. The van der Waals surface area contributed by atoms with Crippen LogP contribution >= 0.6 is 0 Å². The highest BCUT2D eigenvalue weighted by atomic mass is 16.5. The quantitative estimate of drug-likeness (QED) is 0.575. The zero-order chi connectivity index (χ0) is 20.7. The molecule has 8 heteroatoms. The third-order valence-electron chi connectivity index (χ3n) is 6.41. The van der Waals surface area contributed by atoms with E-state index in [1.807, 2.05) is 0 Å². The van der Waals surface area contributed by atoms with Crippen molar-refractivity contribution in [3.63, 3.8) is 0 Å². The first-order valence-electron chi connectivity index (χ1n) is 9.88. The number of rotatable bonds is 6. The van der Waals surface area contributed by atoms with Gasteiger partial charge >= 0.3 is 5.97 Å². The van der Waals surface area contributed by atoms with Crippen molar-refractivity contribution in [2.75, 3.05) is 19.0 Å². The number of amides is 3. The first-order chi connectivity index (χ1) is 13.9. The second-order valence-corrected chi connectivity index (χ2v) is 7.99. The molecule has 2 saturated carbocycles. The number of methoxy groups -OCH3 is 1. The number of nitrogens with one attached hydrogen (secondary N) is 1. The lowest BCUT2D eigenvalue weighted by atomic mass is 9.81. The molecule has 0 spiro atoms. The Morgan fingerprint density at radius 2 is 1.69 bits per heavy atom. The van der Waals surface area contributed by atoms with Crippen molar-refractivity contribution >= 4 is 29.4 Å². The van der Waals surface area contributed by atoms with Crippen LogP contribution in [0.2, 0.25) is 0 Å². The molecule has 0 radical (unpaired) electrons. The second-order valence-electron chi connectivity index (χ2n) is 7.99. The van der Waals surface area contributed by atoms with Gasteiger partial charge in [-0.1, -0.05) is 0 Å². The van der Waals surface area contributed by atoms with Crippen LogP contribution in [0.3, 0.4) is 0 Å². The number of hydrogen-bond donors (Lipinski definition) is 1. The predicted molar refractivity (Wildman–Crippen MR) is 102 cm³/mol. The van der Waals surface area contributed by atoms with Crippen LogP contribution in [0.5, 0.6) is 5.75 Å². The van der Waals surface area contributed by atoms with E-state index >= 15 is 0 Å². The number of ether oxygens (including phenoxy) is 2. The number of fused-ring (bicyclic) bond motifs is 5. The van der Waals surface area contributed by atoms with Crippen LogP contribution in [-0.2, 0) is 23.9 Å². The lowest BCUT2D eigenvalue weighted by Gasteiger charge is -2.23. The maximum Gasteiger partial charge on any atom is 0.329 e. The summed E-state index contributed by atoms with van der Waals surface area (Å²) in [6, 6.07) is 5.68. The number of nitrogens with zero attached hydrogens (tertiary/aromatic N) is 1. The number of likely N-dealkylation sites (tertiary alicyclic amines) is 1. The van der Waals surface area contributed by atoms with Gasteiger partial charge in [0, 0.05) is 5.69 Å². The Labute approximate surface area is 168 Å². The van der Waals surface area contributed by atoms with E-state index in [0.29, 0.717) is 11.4 Å². The van der Waals surface area contributed by atoms with Crippen LogP contribution in [0.4, 0.5) is 5.69 Å². The Morgan fingerprint density at radius 1 is 1.10 bits per heavy atom. The van der Waals surface area contributed by atoms with Gasteiger partial charge in [-0.05, 0) is 62.3 Å². The molecule has 3 aliphatic rings. The Balaban J connectivity index is 1.32. The van der Waals surface area contributed by atoms with Gasteiger partial charge in [-0.15, -0.1) is 0 Å². The summed E-state index contributed by atoms with van der Waals surface area (Å²) in [6.07, 6.45) is 2.89. The van der Waals surface area contributed by atoms with Gasteiger partial charge < -0.3 is 14.8 Å². The topological polar surface area (TPSA) is 102 Å². The van der Waals surface area contributed by atoms with Gasteiger partial charge in [0.1, 0.15) is 11.8 Å². The summed E-state index contributed by atoms with van der Waals surface area (Å²) < 4.78 is 10.1. The molecule has 1 aliphatic heterocycles. The van der Waals surface area contributed by atoms with Gasteiger partial charge in [0.2, 0.25) is 11.8 Å². The molecule has 29 heavy (non-hydrogen) atoms. The number of benzene rings is 1. The third kappa shape index (κ3) is 3.36. The fourth-order valence-corrected chi connectivity index (χ4v) is 5.05. The minimum atomic E-state index is -1.03. The summed E-state index contributed by atoms with van der Waals surface area (Å²) in [5.41, 5.74) is 0.535. The maximum atomic E-state index is 12.8. The molecule has 5 atom stereocenters. The zero-order valence-electron chi connectivity index (χ0n) is 16.4. The van der Waals surface area contributed by atoms with Crippen LogP contribution in [0.15, 0.2) is 24.3 Å². The van der Waals surface area contributed by atoms with E-state index < -0.39 is 24.5 Å². The molecule has 1 heterocycles. The average molecular weight is 400 g/mol. The van der Waals surface area contributed by atoms with Crippen LogP contribution < -0.4 is 10.1 Å². The standard InChI is InChI=1S/C21H24N2O6/c1-11(23-19(25)17-12-3-4-13(9-12)18(17)20(23)26)21(27)29-10-16(24)22-14-5-7-15(28-2)8-6-14/h5-8,11-13,17-18H,3-4,9-10H2,1-2H3,(H,22,24)/t11-,12-,13-,17-,18-/m0/s1. The molecule has 1 N–H and O–H groups in total. The predicted octanol–water partition coefficient (Wildman–Crippen LogP) is 1.60. The molecule has 154 valence electrons. The number of carbonyl (C=O) groups is 4. The number of anilines is 1. The van der Waals surface area contributed by atoms with Crippen molar-refractivity contribution in [2.24, 2.45) is 23.7 Å². The van der Waals surface area contributed by atoms with Crippen LogP contribution in [-0.4, -0.2) is 48.3 Å². The summed E-state index contributed by atoms with van der Waals surface area (Å²) in [4.78, 5) is 51.0. The highest BCUT2D eigenvalue weighted by Gasteiger charge is 2.62. The number of imide groups is 1. The van der Waals surface area contributed by atoms with Crippen LogP contribution in [0, 0.1) is 23.7 Å². The monoisotopic (exact) mass is 400 g/mol. The van der Waals surface area contributed by atoms with Crippen molar-refractivity contribution in [3.8, 4) is 5.75 Å². The van der Waals surface area contributed by atoms with Crippen LogP contribution in [0.1, 0.15) is 26.2 Å². The summed E-state index contributed by atoms with van der Waals surface area (Å²) in [7, 11) is 1.54. The number of esters is 1. The highest BCUT2D eigenvalue weighted by molar-refractivity contribution is 6.08. The van der Waals surface area contributed by atoms with E-state index in [-0.39, 0.29) is 35.5 Å². The van der Waals surface area contributed by atoms with Crippen molar-refractivity contribution in [1.29, 1.82) is 0 Å². The number of hydrogen-bond acceptors (Lipinski definition) is 6. The van der Waals surface area contributed by atoms with E-state index in [1.165, 1.54) is 6.92 Å². The van der Waals surface area contributed by atoms with Gasteiger partial charge in [0.05, 0.1) is 18.9 Å². The molecule has 2 bridgehead atoms. The molecule has 8 nitrogen and oxygen atoms in total. The Morgan fingerprint density at radius 3 is 2.24 bits per heavy atom. The minimum Gasteiger partial charge on any atom is -0.497 e. The molecule has 0 aromatic heterocycles. The van der Waals surface area contributed by atoms with E-state index in [1.54, 1.807) is 31.4 Å².